The second kappa shape index (κ2) is 3.99. The first-order chi connectivity index (χ1) is 7.33. The molecule has 0 amide bonds. The third-order valence-electron chi connectivity index (χ3n) is 4.35. The van der Waals surface area contributed by atoms with Gasteiger partial charge in [-0.25, -0.2) is 4.39 Å². The summed E-state index contributed by atoms with van der Waals surface area (Å²) < 4.78 is 25.7. The zero-order chi connectivity index (χ0) is 12.0. The molecule has 2 atom stereocenters. The molecule has 0 spiro atoms. The Morgan fingerprint density at radius 2 is 1.50 bits per heavy atom. The summed E-state index contributed by atoms with van der Waals surface area (Å²) in [6, 6.07) is 0. The van der Waals surface area contributed by atoms with E-state index in [1.807, 2.05) is 27.7 Å². The van der Waals surface area contributed by atoms with Gasteiger partial charge in [0.2, 0.25) is 0 Å². The molecule has 2 nitrogen and oxygen atoms in total. The monoisotopic (exact) mass is 228 g/mol. The van der Waals surface area contributed by atoms with Crippen LogP contribution in [0.15, 0.2) is 0 Å². The molecule has 1 aliphatic heterocycles. The Labute approximate surface area is 98.0 Å². The van der Waals surface area contributed by atoms with E-state index in [4.69, 9.17) is 9.31 Å². The Kier molecular flexibility index (Phi) is 3.08. The third kappa shape index (κ3) is 2.02. The molecule has 0 aromatic carbocycles. The summed E-state index contributed by atoms with van der Waals surface area (Å²) in [5, 5.41) is 0. The van der Waals surface area contributed by atoms with E-state index in [1.165, 1.54) is 0 Å². The zero-order valence-corrected chi connectivity index (χ0v) is 10.8. The predicted molar refractivity (Wildman–Crippen MR) is 63.2 cm³/mol. The predicted octanol–water partition coefficient (Wildman–Crippen LogP) is 3.36. The lowest BCUT2D eigenvalue weighted by Crippen LogP contribution is -2.41. The van der Waals surface area contributed by atoms with Crippen molar-refractivity contribution in [3.8, 4) is 0 Å². The summed E-state index contributed by atoms with van der Waals surface area (Å²) in [5.74, 6) is -0.0743. The minimum absolute atomic E-state index is 0.0743. The zero-order valence-electron chi connectivity index (χ0n) is 10.8. The Morgan fingerprint density at radius 3 is 2.00 bits per heavy atom. The van der Waals surface area contributed by atoms with Crippen LogP contribution in [0.1, 0.15) is 53.4 Å². The first kappa shape index (κ1) is 12.4. The summed E-state index contributed by atoms with van der Waals surface area (Å²) in [4.78, 5) is 0. The average Bonchev–Trinajstić information content (AvgIpc) is 2.36. The lowest BCUT2D eigenvalue weighted by atomic mass is 9.63. The van der Waals surface area contributed by atoms with Gasteiger partial charge < -0.3 is 9.31 Å². The fraction of sp³-hybridized carbons (Fsp3) is 1.00. The van der Waals surface area contributed by atoms with Gasteiger partial charge in [-0.1, -0.05) is 12.8 Å². The minimum Gasteiger partial charge on any atom is -0.403 e. The molecule has 4 heteroatoms. The van der Waals surface area contributed by atoms with Crippen LogP contribution in [0.25, 0.3) is 0 Å². The van der Waals surface area contributed by atoms with Crippen molar-refractivity contribution in [2.75, 3.05) is 0 Å². The largest absolute Gasteiger partial charge is 0.464 e. The molecule has 2 unspecified atom stereocenters. The van der Waals surface area contributed by atoms with Gasteiger partial charge in [-0.15, -0.1) is 0 Å². The first-order valence-electron chi connectivity index (χ1n) is 6.33. The van der Waals surface area contributed by atoms with Gasteiger partial charge in [0.1, 0.15) is 6.17 Å². The highest BCUT2D eigenvalue weighted by molar-refractivity contribution is 6.47. The van der Waals surface area contributed by atoms with Gasteiger partial charge in [0.05, 0.1) is 11.2 Å². The molecule has 92 valence electrons. The molecule has 0 aromatic rings. The van der Waals surface area contributed by atoms with Gasteiger partial charge in [0.15, 0.2) is 0 Å². The summed E-state index contributed by atoms with van der Waals surface area (Å²) >= 11 is 0. The number of hydrogen-bond donors (Lipinski definition) is 0. The summed E-state index contributed by atoms with van der Waals surface area (Å²) in [6.07, 6.45) is 2.88. The molecule has 0 N–H and O–H groups in total. The van der Waals surface area contributed by atoms with Crippen LogP contribution in [-0.2, 0) is 9.31 Å². The van der Waals surface area contributed by atoms with Crippen molar-refractivity contribution in [1.29, 1.82) is 0 Å². The molecule has 1 heterocycles. The quantitative estimate of drug-likeness (QED) is 0.640. The number of rotatable bonds is 1. The van der Waals surface area contributed by atoms with Crippen LogP contribution in [-0.4, -0.2) is 24.5 Å². The van der Waals surface area contributed by atoms with E-state index in [9.17, 15) is 4.39 Å². The molecule has 1 saturated carbocycles. The summed E-state index contributed by atoms with van der Waals surface area (Å²) in [6.45, 7) is 8.07. The first-order valence-corrected chi connectivity index (χ1v) is 6.33. The van der Waals surface area contributed by atoms with Crippen molar-refractivity contribution in [2.45, 2.75) is 76.6 Å². The molecule has 2 rings (SSSR count). The number of halogens is 1. The van der Waals surface area contributed by atoms with E-state index in [0.717, 1.165) is 19.3 Å². The molecule has 2 aliphatic rings. The van der Waals surface area contributed by atoms with E-state index in [2.05, 4.69) is 0 Å². The minimum atomic E-state index is -0.761. The van der Waals surface area contributed by atoms with E-state index in [-0.39, 0.29) is 24.1 Å². The Morgan fingerprint density at radius 1 is 1.00 bits per heavy atom. The van der Waals surface area contributed by atoms with Crippen molar-refractivity contribution in [1.82, 2.24) is 0 Å². The molecular formula is C12H22BFO2. The maximum absolute atomic E-state index is 13.8. The lowest BCUT2D eigenvalue weighted by molar-refractivity contribution is 0.00578. The van der Waals surface area contributed by atoms with Crippen molar-refractivity contribution in [3.05, 3.63) is 0 Å². The summed E-state index contributed by atoms with van der Waals surface area (Å²) in [7, 11) is -0.361. The van der Waals surface area contributed by atoms with E-state index in [0.29, 0.717) is 6.42 Å². The smallest absolute Gasteiger partial charge is 0.403 e. The normalized spacial score (nSPS) is 37.7. The third-order valence-corrected chi connectivity index (χ3v) is 4.35. The SMILES string of the molecule is CC1(C)OB(C2CCCCC2F)OC1(C)C. The highest BCUT2D eigenvalue weighted by Crippen LogP contribution is 2.44. The number of alkyl halides is 1. The van der Waals surface area contributed by atoms with Gasteiger partial charge >= 0.3 is 7.12 Å². The van der Waals surface area contributed by atoms with Gasteiger partial charge in [0.25, 0.3) is 0 Å². The molecule has 2 fully saturated rings. The fourth-order valence-corrected chi connectivity index (χ4v) is 2.48. The fourth-order valence-electron chi connectivity index (χ4n) is 2.48. The Bertz CT molecular complexity index is 252. The molecule has 0 radical (unpaired) electrons. The van der Waals surface area contributed by atoms with Crippen LogP contribution in [0, 0.1) is 0 Å². The summed E-state index contributed by atoms with van der Waals surface area (Å²) in [5.41, 5.74) is -0.677. The topological polar surface area (TPSA) is 18.5 Å². The average molecular weight is 228 g/mol. The van der Waals surface area contributed by atoms with Crippen molar-refractivity contribution in [3.63, 3.8) is 0 Å². The highest BCUT2D eigenvalue weighted by Gasteiger charge is 2.55. The van der Waals surface area contributed by atoms with Gasteiger partial charge in [-0.2, -0.15) is 0 Å². The maximum Gasteiger partial charge on any atom is 0.464 e. The lowest BCUT2D eigenvalue weighted by Gasteiger charge is -2.32. The van der Waals surface area contributed by atoms with Crippen LogP contribution >= 0.6 is 0 Å². The second-order valence-corrected chi connectivity index (χ2v) is 6.09. The standard InChI is InChI=1S/C12H22BFO2/c1-11(2)12(3,4)16-13(15-11)9-7-5-6-8-10(9)14/h9-10H,5-8H2,1-4H3. The van der Waals surface area contributed by atoms with Gasteiger partial charge in [-0.05, 0) is 40.5 Å². The van der Waals surface area contributed by atoms with Crippen LogP contribution in [0.3, 0.4) is 0 Å². The van der Waals surface area contributed by atoms with E-state index in [1.54, 1.807) is 0 Å². The van der Waals surface area contributed by atoms with E-state index < -0.39 is 6.17 Å². The van der Waals surface area contributed by atoms with Crippen molar-refractivity contribution in [2.24, 2.45) is 0 Å². The van der Waals surface area contributed by atoms with Crippen LogP contribution < -0.4 is 0 Å². The second-order valence-electron chi connectivity index (χ2n) is 6.09. The molecule has 1 aliphatic carbocycles. The Balaban J connectivity index is 2.07. The van der Waals surface area contributed by atoms with Crippen LogP contribution in [0.5, 0.6) is 0 Å². The van der Waals surface area contributed by atoms with Gasteiger partial charge in [-0.3, -0.25) is 0 Å². The molecule has 0 aromatic heterocycles. The Hall–Kier alpha value is -0.0851. The molecular weight excluding hydrogens is 206 g/mol. The van der Waals surface area contributed by atoms with E-state index >= 15 is 0 Å². The van der Waals surface area contributed by atoms with Crippen LogP contribution in [0.2, 0.25) is 5.82 Å². The molecule has 1 saturated heterocycles. The number of hydrogen-bond acceptors (Lipinski definition) is 2. The van der Waals surface area contributed by atoms with Crippen LogP contribution in [0.4, 0.5) is 4.39 Å². The van der Waals surface area contributed by atoms with Crippen molar-refractivity contribution < 1.29 is 13.7 Å². The molecule has 0 bridgehead atoms. The van der Waals surface area contributed by atoms with Crippen molar-refractivity contribution >= 4 is 7.12 Å². The molecule has 16 heavy (non-hydrogen) atoms. The van der Waals surface area contributed by atoms with Gasteiger partial charge in [0, 0.05) is 5.82 Å². The maximum atomic E-state index is 13.8. The highest BCUT2D eigenvalue weighted by atomic mass is 19.1.